The number of carbonyl (C=O) groups is 2. The summed E-state index contributed by atoms with van der Waals surface area (Å²) in [6.45, 7) is 1.99. The highest BCUT2D eigenvalue weighted by Crippen LogP contribution is 2.25. The maximum Gasteiger partial charge on any atom is 0.329 e. The molecule has 3 rings (SSSR count). The van der Waals surface area contributed by atoms with E-state index in [1.165, 1.54) is 14.0 Å². The minimum Gasteiger partial charge on any atom is -0.332 e. The zero-order valence-corrected chi connectivity index (χ0v) is 18.2. The van der Waals surface area contributed by atoms with Crippen molar-refractivity contribution in [1.82, 2.24) is 14.0 Å². The Morgan fingerprint density at radius 2 is 1.80 bits per heavy atom. The molecule has 0 unspecified atom stereocenters. The highest BCUT2D eigenvalue weighted by Gasteiger charge is 2.20. The molecule has 30 heavy (non-hydrogen) atoms. The van der Waals surface area contributed by atoms with Gasteiger partial charge in [0, 0.05) is 18.6 Å². The summed E-state index contributed by atoms with van der Waals surface area (Å²) in [6, 6.07) is 12.0. The molecule has 0 saturated heterocycles. The number of imidazole rings is 1. The molecule has 0 aliphatic carbocycles. The molecule has 2 amide bonds. The summed E-state index contributed by atoms with van der Waals surface area (Å²) in [5.74, 6) is -0.714. The average Bonchev–Trinajstić information content (AvgIpc) is 2.95. The Kier molecular flexibility index (Phi) is 6.84. The number of nitrogens with zero attached hydrogens (tertiary/aromatic N) is 3. The normalized spacial score (nSPS) is 10.9. The molecule has 158 valence electrons. The van der Waals surface area contributed by atoms with Crippen molar-refractivity contribution in [2.45, 2.75) is 19.9 Å². The first-order valence-electron chi connectivity index (χ1n) is 9.48. The minimum atomic E-state index is -0.397. The molecule has 0 saturated carbocycles. The molecule has 0 radical (unpaired) electrons. The number of benzene rings is 2. The van der Waals surface area contributed by atoms with E-state index >= 15 is 0 Å². The lowest BCUT2D eigenvalue weighted by Gasteiger charge is -2.22. The minimum absolute atomic E-state index is 0.147. The van der Waals surface area contributed by atoms with Gasteiger partial charge in [0.05, 0.1) is 28.3 Å². The quantitative estimate of drug-likeness (QED) is 0.600. The first kappa shape index (κ1) is 21.9. The number of anilines is 1. The third-order valence-electron chi connectivity index (χ3n) is 4.73. The molecule has 7 nitrogen and oxygen atoms in total. The number of amides is 2. The van der Waals surface area contributed by atoms with Crippen molar-refractivity contribution in [3.05, 3.63) is 63.0 Å². The number of aryl methyl sites for hydroxylation is 1. The zero-order valence-electron chi connectivity index (χ0n) is 16.7. The van der Waals surface area contributed by atoms with Crippen LogP contribution in [0, 0.1) is 0 Å². The van der Waals surface area contributed by atoms with Gasteiger partial charge in [0.2, 0.25) is 11.8 Å². The van der Waals surface area contributed by atoms with Gasteiger partial charge in [-0.2, -0.15) is 0 Å². The fraction of sp³-hybridized carbons (Fsp3) is 0.286. The highest BCUT2D eigenvalue weighted by atomic mass is 35.5. The van der Waals surface area contributed by atoms with Crippen molar-refractivity contribution in [3.63, 3.8) is 0 Å². The Hall–Kier alpha value is -2.77. The second-order valence-electron chi connectivity index (χ2n) is 6.90. The van der Waals surface area contributed by atoms with Gasteiger partial charge >= 0.3 is 5.69 Å². The van der Waals surface area contributed by atoms with Gasteiger partial charge in [-0.1, -0.05) is 42.3 Å². The summed E-state index contributed by atoms with van der Waals surface area (Å²) in [6.07, 6.45) is 0.668. The van der Waals surface area contributed by atoms with Crippen LogP contribution in [0.5, 0.6) is 0 Å². The SMILES string of the molecule is CCCN(CC(=O)Nc1cc(Cl)ccc1Cl)C(=O)Cn1c(=O)n(C)c2ccccc21. The molecule has 9 heteroatoms. The molecule has 0 aliphatic heterocycles. The van der Waals surface area contributed by atoms with Crippen LogP contribution in [0.3, 0.4) is 0 Å². The summed E-state index contributed by atoms with van der Waals surface area (Å²) < 4.78 is 2.92. The molecule has 1 N–H and O–H groups in total. The van der Waals surface area contributed by atoms with Crippen LogP contribution in [-0.2, 0) is 23.2 Å². The van der Waals surface area contributed by atoms with Gasteiger partial charge < -0.3 is 10.2 Å². The van der Waals surface area contributed by atoms with E-state index in [0.717, 1.165) is 5.52 Å². The number of hydrogen-bond acceptors (Lipinski definition) is 3. The van der Waals surface area contributed by atoms with Crippen LogP contribution in [0.25, 0.3) is 11.0 Å². The third kappa shape index (κ3) is 4.68. The van der Waals surface area contributed by atoms with Crippen LogP contribution in [0.2, 0.25) is 10.0 Å². The molecular weight excluding hydrogens is 427 g/mol. The van der Waals surface area contributed by atoms with Gasteiger partial charge in [-0.15, -0.1) is 0 Å². The predicted octanol–water partition coefficient (Wildman–Crippen LogP) is 3.52. The number of aromatic nitrogens is 2. The summed E-state index contributed by atoms with van der Waals surface area (Å²) in [5.41, 5.74) is 1.51. The van der Waals surface area contributed by atoms with Crippen LogP contribution >= 0.6 is 23.2 Å². The second-order valence-corrected chi connectivity index (χ2v) is 7.75. The van der Waals surface area contributed by atoms with E-state index < -0.39 is 5.91 Å². The van der Waals surface area contributed by atoms with Gasteiger partial charge in [-0.3, -0.25) is 18.7 Å². The van der Waals surface area contributed by atoms with Crippen molar-refractivity contribution < 1.29 is 9.59 Å². The van der Waals surface area contributed by atoms with E-state index in [-0.39, 0.29) is 24.7 Å². The molecule has 2 aromatic carbocycles. The maximum absolute atomic E-state index is 12.9. The molecule has 0 atom stereocenters. The number of rotatable bonds is 7. The van der Waals surface area contributed by atoms with Gasteiger partial charge in [0.15, 0.2) is 0 Å². The van der Waals surface area contributed by atoms with E-state index in [4.69, 9.17) is 23.2 Å². The summed E-state index contributed by atoms with van der Waals surface area (Å²) in [7, 11) is 1.66. The summed E-state index contributed by atoms with van der Waals surface area (Å²) in [5, 5.41) is 3.47. The standard InChI is InChI=1S/C21H22Cl2N4O3/c1-3-10-26(12-19(28)24-16-11-14(22)8-9-15(16)23)20(29)13-27-18-7-5-4-6-17(18)25(2)21(27)30/h4-9,11H,3,10,12-13H2,1-2H3,(H,24,28). The molecular formula is C21H22Cl2N4O3. The monoisotopic (exact) mass is 448 g/mol. The van der Waals surface area contributed by atoms with E-state index in [0.29, 0.717) is 34.2 Å². The van der Waals surface area contributed by atoms with Gasteiger partial charge in [0.1, 0.15) is 6.54 Å². The topological polar surface area (TPSA) is 76.3 Å². The second kappa shape index (κ2) is 9.36. The van der Waals surface area contributed by atoms with Gasteiger partial charge in [-0.25, -0.2) is 4.79 Å². The number of para-hydroxylation sites is 2. The number of fused-ring (bicyclic) bond motifs is 1. The van der Waals surface area contributed by atoms with Crippen LogP contribution < -0.4 is 11.0 Å². The molecule has 0 bridgehead atoms. The van der Waals surface area contributed by atoms with E-state index in [9.17, 15) is 14.4 Å². The molecule has 0 aliphatic rings. The number of nitrogens with one attached hydrogen (secondary N) is 1. The zero-order chi connectivity index (χ0) is 21.8. The number of hydrogen-bond donors (Lipinski definition) is 1. The Labute approximate surface area is 183 Å². The molecule has 3 aromatic rings. The Bertz CT molecular complexity index is 1150. The molecule has 0 spiro atoms. The fourth-order valence-electron chi connectivity index (χ4n) is 3.27. The van der Waals surface area contributed by atoms with Crippen molar-refractivity contribution >= 4 is 51.7 Å². The van der Waals surface area contributed by atoms with Crippen LogP contribution in [-0.4, -0.2) is 38.9 Å². The third-order valence-corrected chi connectivity index (χ3v) is 5.29. The Morgan fingerprint density at radius 3 is 2.50 bits per heavy atom. The van der Waals surface area contributed by atoms with Gasteiger partial charge in [-0.05, 0) is 36.8 Å². The van der Waals surface area contributed by atoms with E-state index in [1.54, 1.807) is 31.3 Å². The summed E-state index contributed by atoms with van der Waals surface area (Å²) in [4.78, 5) is 39.5. The van der Waals surface area contributed by atoms with Crippen molar-refractivity contribution in [1.29, 1.82) is 0 Å². The van der Waals surface area contributed by atoms with Crippen LogP contribution in [0.4, 0.5) is 5.69 Å². The van der Waals surface area contributed by atoms with Crippen LogP contribution in [0.15, 0.2) is 47.3 Å². The van der Waals surface area contributed by atoms with Gasteiger partial charge in [0.25, 0.3) is 0 Å². The summed E-state index contributed by atoms with van der Waals surface area (Å²) >= 11 is 12.0. The van der Waals surface area contributed by atoms with E-state index in [1.807, 2.05) is 25.1 Å². The molecule has 1 heterocycles. The fourth-order valence-corrected chi connectivity index (χ4v) is 3.61. The Morgan fingerprint density at radius 1 is 1.10 bits per heavy atom. The lowest BCUT2D eigenvalue weighted by molar-refractivity contribution is -0.135. The molecule has 1 aromatic heterocycles. The average molecular weight is 449 g/mol. The largest absolute Gasteiger partial charge is 0.332 e. The smallest absolute Gasteiger partial charge is 0.329 e. The first-order valence-corrected chi connectivity index (χ1v) is 10.2. The molecule has 0 fully saturated rings. The lowest BCUT2D eigenvalue weighted by atomic mass is 10.3. The van der Waals surface area contributed by atoms with Crippen molar-refractivity contribution in [2.24, 2.45) is 7.05 Å². The number of halogens is 2. The first-order chi connectivity index (χ1) is 14.3. The number of carbonyl (C=O) groups excluding carboxylic acids is 2. The lowest BCUT2D eigenvalue weighted by Crippen LogP contribution is -2.41. The van der Waals surface area contributed by atoms with Crippen LogP contribution in [0.1, 0.15) is 13.3 Å². The van der Waals surface area contributed by atoms with Crippen molar-refractivity contribution in [2.75, 3.05) is 18.4 Å². The Balaban J connectivity index is 1.77. The van der Waals surface area contributed by atoms with Crippen molar-refractivity contribution in [3.8, 4) is 0 Å². The maximum atomic E-state index is 12.9. The predicted molar refractivity (Wildman–Crippen MR) is 119 cm³/mol. The van der Waals surface area contributed by atoms with E-state index in [2.05, 4.69) is 5.32 Å². The highest BCUT2D eigenvalue weighted by molar-refractivity contribution is 6.35.